The Hall–Kier alpha value is -1.07. The number of hydrogen-bond acceptors (Lipinski definition) is 4. The maximum Gasteiger partial charge on any atom is 0.340 e. The van der Waals surface area contributed by atoms with Crippen LogP contribution in [0, 0.1) is 6.92 Å². The molecule has 0 unspecified atom stereocenters. The first-order valence-corrected chi connectivity index (χ1v) is 7.05. The number of carboxylic acids is 1. The predicted octanol–water partition coefficient (Wildman–Crippen LogP) is 3.21. The van der Waals surface area contributed by atoms with Crippen LogP contribution in [-0.2, 0) is 0 Å². The van der Waals surface area contributed by atoms with E-state index in [1.54, 1.807) is 13.0 Å². The van der Waals surface area contributed by atoms with Gasteiger partial charge >= 0.3 is 5.97 Å². The molecule has 0 aromatic carbocycles. The van der Waals surface area contributed by atoms with Crippen molar-refractivity contribution in [2.24, 2.45) is 0 Å². The van der Waals surface area contributed by atoms with Crippen LogP contribution in [0.1, 0.15) is 40.6 Å². The lowest BCUT2D eigenvalue weighted by Crippen LogP contribution is -2.09. The third-order valence-electron chi connectivity index (χ3n) is 2.64. The number of rotatable bonds is 5. The van der Waals surface area contributed by atoms with Gasteiger partial charge in [-0.25, -0.2) is 14.8 Å². The standard InChI is InChI=1S/C12H13ClN2O2S/c1-7-9(12(16)17)11(18-6-2-5-13)15-10(14-7)8-3-4-8/h2,5,8H,3-4,6H2,1H3,(H,16,17)/b5-2+. The second-order valence-electron chi connectivity index (χ2n) is 4.10. The van der Waals surface area contributed by atoms with Gasteiger partial charge in [-0.15, -0.1) is 11.8 Å². The van der Waals surface area contributed by atoms with Gasteiger partial charge in [0, 0.05) is 17.2 Å². The van der Waals surface area contributed by atoms with E-state index >= 15 is 0 Å². The van der Waals surface area contributed by atoms with Gasteiger partial charge in [-0.2, -0.15) is 0 Å². The molecule has 1 aliphatic rings. The molecule has 1 fully saturated rings. The van der Waals surface area contributed by atoms with Gasteiger partial charge < -0.3 is 5.11 Å². The molecule has 1 saturated carbocycles. The molecule has 1 aliphatic carbocycles. The van der Waals surface area contributed by atoms with Crippen molar-refractivity contribution in [2.75, 3.05) is 5.75 Å². The van der Waals surface area contributed by atoms with E-state index in [1.807, 2.05) is 0 Å². The van der Waals surface area contributed by atoms with Gasteiger partial charge in [0.1, 0.15) is 16.4 Å². The van der Waals surface area contributed by atoms with E-state index in [2.05, 4.69) is 9.97 Å². The molecule has 2 rings (SSSR count). The van der Waals surface area contributed by atoms with Crippen molar-refractivity contribution in [1.82, 2.24) is 9.97 Å². The molecule has 0 aliphatic heterocycles. The summed E-state index contributed by atoms with van der Waals surface area (Å²) >= 11 is 6.82. The average molecular weight is 285 g/mol. The first kappa shape index (κ1) is 13.4. The number of aromatic nitrogens is 2. The van der Waals surface area contributed by atoms with Crippen LogP contribution in [0.2, 0.25) is 0 Å². The third-order valence-corrected chi connectivity index (χ3v) is 3.74. The van der Waals surface area contributed by atoms with Crippen molar-refractivity contribution in [2.45, 2.75) is 30.7 Å². The zero-order chi connectivity index (χ0) is 13.1. The normalized spacial score (nSPS) is 15.2. The van der Waals surface area contributed by atoms with Gasteiger partial charge in [0.2, 0.25) is 0 Å². The number of halogens is 1. The zero-order valence-corrected chi connectivity index (χ0v) is 11.5. The highest BCUT2D eigenvalue weighted by Gasteiger charge is 2.29. The Morgan fingerprint density at radius 3 is 2.83 bits per heavy atom. The molecule has 1 N–H and O–H groups in total. The fraction of sp³-hybridized carbons (Fsp3) is 0.417. The second-order valence-corrected chi connectivity index (χ2v) is 5.36. The Bertz CT molecular complexity index is 501. The molecule has 18 heavy (non-hydrogen) atoms. The molecule has 0 bridgehead atoms. The van der Waals surface area contributed by atoms with Crippen LogP contribution in [0.3, 0.4) is 0 Å². The largest absolute Gasteiger partial charge is 0.478 e. The molecule has 96 valence electrons. The Balaban J connectivity index is 2.34. The molecule has 0 saturated heterocycles. The number of carbonyl (C=O) groups is 1. The smallest absolute Gasteiger partial charge is 0.340 e. The summed E-state index contributed by atoms with van der Waals surface area (Å²) in [5.41, 5.74) is 2.16. The summed E-state index contributed by atoms with van der Waals surface area (Å²) in [6.45, 7) is 1.72. The van der Waals surface area contributed by atoms with Gasteiger partial charge in [-0.3, -0.25) is 0 Å². The highest BCUT2D eigenvalue weighted by molar-refractivity contribution is 7.99. The lowest BCUT2D eigenvalue weighted by atomic mass is 10.2. The minimum absolute atomic E-state index is 0.201. The van der Waals surface area contributed by atoms with Gasteiger partial charge in [0.15, 0.2) is 0 Å². The Kier molecular flexibility index (Phi) is 4.24. The van der Waals surface area contributed by atoms with Gasteiger partial charge in [0.05, 0.1) is 5.69 Å². The molecular formula is C12H13ClN2O2S. The zero-order valence-electron chi connectivity index (χ0n) is 9.89. The molecule has 0 radical (unpaired) electrons. The van der Waals surface area contributed by atoms with Crippen LogP contribution in [0.15, 0.2) is 16.6 Å². The highest BCUT2D eigenvalue weighted by atomic mass is 35.5. The summed E-state index contributed by atoms with van der Waals surface area (Å²) in [6.07, 6.45) is 3.95. The van der Waals surface area contributed by atoms with E-state index in [0.29, 0.717) is 22.4 Å². The number of nitrogens with zero attached hydrogens (tertiary/aromatic N) is 2. The lowest BCUT2D eigenvalue weighted by Gasteiger charge is -2.08. The van der Waals surface area contributed by atoms with E-state index in [1.165, 1.54) is 17.3 Å². The minimum atomic E-state index is -0.979. The van der Waals surface area contributed by atoms with E-state index in [9.17, 15) is 9.90 Å². The van der Waals surface area contributed by atoms with Crippen LogP contribution in [0.4, 0.5) is 0 Å². The quantitative estimate of drug-likeness (QED) is 0.664. The van der Waals surface area contributed by atoms with Gasteiger partial charge in [-0.1, -0.05) is 17.7 Å². The highest BCUT2D eigenvalue weighted by Crippen LogP contribution is 2.39. The summed E-state index contributed by atoms with van der Waals surface area (Å²) in [5.74, 6) is 0.807. The van der Waals surface area contributed by atoms with Crippen LogP contribution in [0.5, 0.6) is 0 Å². The van der Waals surface area contributed by atoms with Crippen LogP contribution < -0.4 is 0 Å². The summed E-state index contributed by atoms with van der Waals surface area (Å²) in [4.78, 5) is 19.9. The minimum Gasteiger partial charge on any atom is -0.478 e. The topological polar surface area (TPSA) is 63.1 Å². The number of carboxylic acid groups (broad SMARTS) is 1. The fourth-order valence-electron chi connectivity index (χ4n) is 1.61. The number of thioether (sulfide) groups is 1. The Morgan fingerprint density at radius 1 is 1.56 bits per heavy atom. The SMILES string of the molecule is Cc1nc(C2CC2)nc(SC/C=C/Cl)c1C(=O)O. The maximum atomic E-state index is 11.2. The number of aryl methyl sites for hydroxylation is 1. The van der Waals surface area contributed by atoms with Crippen LogP contribution in [0.25, 0.3) is 0 Å². The fourth-order valence-corrected chi connectivity index (χ4v) is 2.69. The monoisotopic (exact) mass is 284 g/mol. The number of hydrogen-bond donors (Lipinski definition) is 1. The Morgan fingerprint density at radius 2 is 2.28 bits per heavy atom. The van der Waals surface area contributed by atoms with Crippen LogP contribution in [-0.4, -0.2) is 26.8 Å². The first-order chi connectivity index (χ1) is 8.63. The molecule has 1 heterocycles. The first-order valence-electron chi connectivity index (χ1n) is 5.63. The molecule has 6 heteroatoms. The molecule has 0 spiro atoms. The van der Waals surface area contributed by atoms with Gasteiger partial charge in [0.25, 0.3) is 0 Å². The van der Waals surface area contributed by atoms with Crippen molar-refractivity contribution in [3.63, 3.8) is 0 Å². The third kappa shape index (κ3) is 3.03. The van der Waals surface area contributed by atoms with E-state index < -0.39 is 5.97 Å². The second kappa shape index (κ2) is 5.71. The van der Waals surface area contributed by atoms with Crippen molar-refractivity contribution in [3.8, 4) is 0 Å². The molecule has 1 aromatic heterocycles. The summed E-state index contributed by atoms with van der Waals surface area (Å²) in [5, 5.41) is 9.74. The van der Waals surface area contributed by atoms with Crippen molar-refractivity contribution in [1.29, 1.82) is 0 Å². The molecule has 1 aromatic rings. The summed E-state index contributed by atoms with van der Waals surface area (Å²) in [6, 6.07) is 0. The molecule has 4 nitrogen and oxygen atoms in total. The Labute approximate surface area is 114 Å². The van der Waals surface area contributed by atoms with Gasteiger partial charge in [-0.05, 0) is 19.8 Å². The van der Waals surface area contributed by atoms with E-state index in [0.717, 1.165) is 18.7 Å². The summed E-state index contributed by atoms with van der Waals surface area (Å²) < 4.78 is 0. The lowest BCUT2D eigenvalue weighted by molar-refractivity contribution is 0.0690. The van der Waals surface area contributed by atoms with E-state index in [4.69, 9.17) is 11.6 Å². The average Bonchev–Trinajstić information content (AvgIpc) is 3.11. The van der Waals surface area contributed by atoms with Crippen molar-refractivity contribution < 1.29 is 9.90 Å². The molecule has 0 atom stereocenters. The predicted molar refractivity (Wildman–Crippen MR) is 71.4 cm³/mol. The number of aromatic carboxylic acids is 1. The maximum absolute atomic E-state index is 11.2. The van der Waals surface area contributed by atoms with Crippen molar-refractivity contribution >= 4 is 29.3 Å². The van der Waals surface area contributed by atoms with Crippen molar-refractivity contribution in [3.05, 3.63) is 28.7 Å². The summed E-state index contributed by atoms with van der Waals surface area (Å²) in [7, 11) is 0. The molecular weight excluding hydrogens is 272 g/mol. The van der Waals surface area contributed by atoms with E-state index in [-0.39, 0.29) is 5.56 Å². The molecule has 0 amide bonds. The van der Waals surface area contributed by atoms with Crippen LogP contribution >= 0.6 is 23.4 Å².